The first-order valence-electron chi connectivity index (χ1n) is 6.31. The van der Waals surface area contributed by atoms with Crippen molar-refractivity contribution in [1.29, 1.82) is 0 Å². The van der Waals surface area contributed by atoms with Crippen LogP contribution in [0.5, 0.6) is 0 Å². The van der Waals surface area contributed by atoms with E-state index in [2.05, 4.69) is 4.90 Å². The van der Waals surface area contributed by atoms with Gasteiger partial charge in [0.25, 0.3) is 0 Å². The number of hydrogen-bond donors (Lipinski definition) is 1. The number of carbonyl (C=O) groups excluding carboxylic acids is 1. The van der Waals surface area contributed by atoms with E-state index >= 15 is 0 Å². The van der Waals surface area contributed by atoms with E-state index in [1.165, 1.54) is 13.3 Å². The molecule has 0 amide bonds. The number of anilines is 1. The van der Waals surface area contributed by atoms with Gasteiger partial charge in [0, 0.05) is 23.8 Å². The summed E-state index contributed by atoms with van der Waals surface area (Å²) in [6, 6.07) is 6.00. The van der Waals surface area contributed by atoms with Crippen LogP contribution in [0.15, 0.2) is 18.2 Å². The van der Waals surface area contributed by atoms with Gasteiger partial charge in [0.2, 0.25) is 0 Å². The van der Waals surface area contributed by atoms with Crippen LogP contribution in [0.3, 0.4) is 0 Å². The number of benzene rings is 1. The molecule has 1 aromatic rings. The van der Waals surface area contributed by atoms with Gasteiger partial charge >= 0.3 is 0 Å². The molecule has 1 aliphatic carbocycles. The van der Waals surface area contributed by atoms with Crippen molar-refractivity contribution < 1.29 is 9.90 Å². The SMILES string of the molecule is CC(=O)c1ccc(N(CCO)C2CCC2)cc1Cl. The molecule has 0 aliphatic heterocycles. The van der Waals surface area contributed by atoms with Gasteiger partial charge in [0.05, 0.1) is 11.6 Å². The van der Waals surface area contributed by atoms with E-state index in [0.717, 1.165) is 18.5 Å². The molecule has 0 unspecified atom stereocenters. The second kappa shape index (κ2) is 5.72. The molecular weight excluding hydrogens is 250 g/mol. The Hall–Kier alpha value is -1.06. The first-order chi connectivity index (χ1) is 8.63. The minimum absolute atomic E-state index is 0.0242. The smallest absolute Gasteiger partial charge is 0.161 e. The van der Waals surface area contributed by atoms with Gasteiger partial charge in [-0.15, -0.1) is 0 Å². The summed E-state index contributed by atoms with van der Waals surface area (Å²) in [5, 5.41) is 9.64. The van der Waals surface area contributed by atoms with Crippen LogP contribution in [-0.2, 0) is 0 Å². The molecule has 0 saturated heterocycles. The molecule has 0 bridgehead atoms. The maximum absolute atomic E-state index is 11.3. The standard InChI is InChI=1S/C14H18ClNO2/c1-10(18)13-6-5-12(9-14(13)15)16(7-8-17)11-3-2-4-11/h5-6,9,11,17H,2-4,7-8H2,1H3. The zero-order valence-corrected chi connectivity index (χ0v) is 11.3. The van der Waals surface area contributed by atoms with Crippen LogP contribution >= 0.6 is 11.6 Å². The lowest BCUT2D eigenvalue weighted by Gasteiger charge is -2.39. The molecule has 1 aromatic carbocycles. The third-order valence-electron chi connectivity index (χ3n) is 3.52. The van der Waals surface area contributed by atoms with Crippen molar-refractivity contribution in [1.82, 2.24) is 0 Å². The molecule has 1 N–H and O–H groups in total. The molecule has 0 heterocycles. The highest BCUT2D eigenvalue weighted by Gasteiger charge is 2.25. The van der Waals surface area contributed by atoms with Gasteiger partial charge in [-0.3, -0.25) is 4.79 Å². The molecule has 0 atom stereocenters. The Labute approximate surface area is 112 Å². The van der Waals surface area contributed by atoms with E-state index in [-0.39, 0.29) is 12.4 Å². The van der Waals surface area contributed by atoms with Crippen LogP contribution in [0.4, 0.5) is 5.69 Å². The Bertz CT molecular complexity index is 443. The first kappa shape index (κ1) is 13.4. The average molecular weight is 268 g/mol. The topological polar surface area (TPSA) is 40.5 Å². The lowest BCUT2D eigenvalue weighted by molar-refractivity contribution is 0.101. The zero-order valence-electron chi connectivity index (χ0n) is 10.5. The molecule has 0 radical (unpaired) electrons. The predicted octanol–water partition coefficient (Wildman–Crippen LogP) is 2.89. The number of halogens is 1. The van der Waals surface area contributed by atoms with Crippen LogP contribution in [0, 0.1) is 0 Å². The fraction of sp³-hybridized carbons (Fsp3) is 0.500. The van der Waals surface area contributed by atoms with Crippen molar-refractivity contribution in [3.05, 3.63) is 28.8 Å². The number of aliphatic hydroxyl groups excluding tert-OH is 1. The van der Waals surface area contributed by atoms with Crippen molar-refractivity contribution in [3.63, 3.8) is 0 Å². The van der Waals surface area contributed by atoms with Crippen LogP contribution in [0.25, 0.3) is 0 Å². The monoisotopic (exact) mass is 267 g/mol. The lowest BCUT2D eigenvalue weighted by atomic mass is 9.91. The second-order valence-electron chi connectivity index (χ2n) is 4.72. The summed E-state index contributed by atoms with van der Waals surface area (Å²) in [4.78, 5) is 13.5. The van der Waals surface area contributed by atoms with E-state index in [9.17, 15) is 4.79 Å². The third-order valence-corrected chi connectivity index (χ3v) is 3.83. The fourth-order valence-electron chi connectivity index (χ4n) is 2.30. The Morgan fingerprint density at radius 2 is 2.22 bits per heavy atom. The maximum atomic E-state index is 11.3. The molecular formula is C14H18ClNO2. The van der Waals surface area contributed by atoms with Crippen molar-refractivity contribution in [3.8, 4) is 0 Å². The summed E-state index contributed by atoms with van der Waals surface area (Å²) < 4.78 is 0. The quantitative estimate of drug-likeness (QED) is 0.834. The number of nitrogens with zero attached hydrogens (tertiary/aromatic N) is 1. The Morgan fingerprint density at radius 3 is 2.67 bits per heavy atom. The van der Waals surface area contributed by atoms with E-state index in [1.807, 2.05) is 12.1 Å². The molecule has 0 spiro atoms. The van der Waals surface area contributed by atoms with Crippen molar-refractivity contribution in [2.24, 2.45) is 0 Å². The minimum Gasteiger partial charge on any atom is -0.395 e. The van der Waals surface area contributed by atoms with E-state index in [0.29, 0.717) is 23.2 Å². The summed E-state index contributed by atoms with van der Waals surface area (Å²) in [5.41, 5.74) is 1.54. The fourth-order valence-corrected chi connectivity index (χ4v) is 2.60. The molecule has 1 fully saturated rings. The summed E-state index contributed by atoms with van der Waals surface area (Å²) in [6.45, 7) is 2.25. The third kappa shape index (κ3) is 2.68. The minimum atomic E-state index is -0.0242. The van der Waals surface area contributed by atoms with E-state index in [4.69, 9.17) is 16.7 Å². The molecule has 3 nitrogen and oxygen atoms in total. The van der Waals surface area contributed by atoms with Crippen molar-refractivity contribution in [2.45, 2.75) is 32.2 Å². The molecule has 98 valence electrons. The van der Waals surface area contributed by atoms with Crippen LogP contribution in [0.2, 0.25) is 5.02 Å². The van der Waals surface area contributed by atoms with Crippen molar-refractivity contribution >= 4 is 23.1 Å². The number of rotatable bonds is 5. The van der Waals surface area contributed by atoms with Gasteiger partial charge in [0.1, 0.15) is 0 Å². The Morgan fingerprint density at radius 1 is 1.50 bits per heavy atom. The molecule has 18 heavy (non-hydrogen) atoms. The molecule has 1 saturated carbocycles. The summed E-state index contributed by atoms with van der Waals surface area (Å²) in [6.07, 6.45) is 3.56. The normalized spacial score (nSPS) is 15.3. The molecule has 1 aliphatic rings. The van der Waals surface area contributed by atoms with Gasteiger partial charge < -0.3 is 10.0 Å². The predicted molar refractivity (Wildman–Crippen MR) is 73.5 cm³/mol. The molecule has 0 aromatic heterocycles. The van der Waals surface area contributed by atoms with Gasteiger partial charge in [-0.25, -0.2) is 0 Å². The Balaban J connectivity index is 2.24. The second-order valence-corrected chi connectivity index (χ2v) is 5.13. The van der Waals surface area contributed by atoms with Gasteiger partial charge in [-0.2, -0.15) is 0 Å². The number of carbonyl (C=O) groups is 1. The number of Topliss-reactive ketones (excluding diaryl/α,β-unsaturated/α-hetero) is 1. The molecule has 4 heteroatoms. The van der Waals surface area contributed by atoms with Crippen molar-refractivity contribution in [2.75, 3.05) is 18.1 Å². The Kier molecular flexibility index (Phi) is 4.25. The lowest BCUT2D eigenvalue weighted by Crippen LogP contribution is -2.41. The number of hydrogen-bond acceptors (Lipinski definition) is 3. The summed E-state index contributed by atoms with van der Waals surface area (Å²) >= 11 is 6.12. The van der Waals surface area contributed by atoms with Crippen LogP contribution in [0.1, 0.15) is 36.5 Å². The van der Waals surface area contributed by atoms with E-state index < -0.39 is 0 Å². The first-order valence-corrected chi connectivity index (χ1v) is 6.69. The van der Waals surface area contributed by atoms with Gasteiger partial charge in [-0.05, 0) is 44.4 Å². The van der Waals surface area contributed by atoms with Crippen LogP contribution in [-0.4, -0.2) is 30.1 Å². The highest BCUT2D eigenvalue weighted by atomic mass is 35.5. The largest absolute Gasteiger partial charge is 0.395 e. The highest BCUT2D eigenvalue weighted by Crippen LogP contribution is 2.31. The summed E-state index contributed by atoms with van der Waals surface area (Å²) in [5.74, 6) is -0.0242. The zero-order chi connectivity index (χ0) is 13.1. The average Bonchev–Trinajstić information content (AvgIpc) is 2.25. The van der Waals surface area contributed by atoms with E-state index in [1.54, 1.807) is 6.07 Å². The number of aliphatic hydroxyl groups is 1. The summed E-state index contributed by atoms with van der Waals surface area (Å²) in [7, 11) is 0. The highest BCUT2D eigenvalue weighted by molar-refractivity contribution is 6.34. The van der Waals surface area contributed by atoms with Gasteiger partial charge in [-0.1, -0.05) is 11.6 Å². The van der Waals surface area contributed by atoms with Crippen LogP contribution < -0.4 is 4.90 Å². The maximum Gasteiger partial charge on any atom is 0.161 e. The molecule has 2 rings (SSSR count). The van der Waals surface area contributed by atoms with Gasteiger partial charge in [0.15, 0.2) is 5.78 Å². The number of ketones is 1.